The van der Waals surface area contributed by atoms with Gasteiger partial charge in [0.15, 0.2) is 0 Å². The molecule has 2 aromatic carbocycles. The molecule has 0 aliphatic heterocycles. The van der Waals surface area contributed by atoms with Crippen LogP contribution in [0.15, 0.2) is 36.3 Å². The van der Waals surface area contributed by atoms with Gasteiger partial charge in [0.1, 0.15) is 5.39 Å². The molecule has 0 N–H and O–H groups in total. The highest BCUT2D eigenvalue weighted by Gasteiger charge is 2.20. The molecule has 0 saturated carbocycles. The Hall–Kier alpha value is -2.50. The highest BCUT2D eigenvalue weighted by molar-refractivity contribution is 5.98. The number of benzene rings is 2. The summed E-state index contributed by atoms with van der Waals surface area (Å²) in [4.78, 5) is 20.0. The number of nitro benzene ring substituents is 2. The Bertz CT molecular complexity index is 802. The molecule has 0 unspecified atom stereocenters. The van der Waals surface area contributed by atoms with E-state index >= 15 is 0 Å². The van der Waals surface area contributed by atoms with Crippen LogP contribution in [0.25, 0.3) is 10.8 Å². The molecule has 0 bridgehead atoms. The third-order valence-electron chi connectivity index (χ3n) is 1.83. The fraction of sp³-hybridized carbons (Fsp3) is 0. The lowest BCUT2D eigenvalue weighted by Crippen LogP contribution is -1.94. The average molecular weight is 224 g/mol. The third kappa shape index (κ3) is 1.46. The molecular weight excluding hydrogens is 212 g/mol. The molecule has 2 aromatic rings. The van der Waals surface area contributed by atoms with Gasteiger partial charge in [-0.1, -0.05) is 24.2 Å². The molecule has 0 spiro atoms. The van der Waals surface area contributed by atoms with Gasteiger partial charge in [0, 0.05) is 12.1 Å². The Labute approximate surface area is 97.8 Å². The molecule has 0 heterocycles. The Morgan fingerprint density at radius 3 is 1.75 bits per heavy atom. The van der Waals surface area contributed by atoms with E-state index in [4.69, 9.17) is 8.22 Å². The molecule has 0 aliphatic carbocycles. The first kappa shape index (κ1) is 5.02. The minimum atomic E-state index is -1.13. The molecule has 6 heteroatoms. The molecule has 2 rings (SSSR count). The van der Waals surface area contributed by atoms with Crippen LogP contribution in [0, 0.1) is 20.2 Å². The van der Waals surface area contributed by atoms with Gasteiger partial charge in [-0.3, -0.25) is 20.2 Å². The van der Waals surface area contributed by atoms with E-state index < -0.39 is 68.2 Å². The monoisotopic (exact) mass is 224 g/mol. The zero-order valence-corrected chi connectivity index (χ0v) is 7.53. The van der Waals surface area contributed by atoms with E-state index in [1.165, 1.54) is 0 Å². The average Bonchev–Trinajstić information content (AvgIpc) is 2.41. The van der Waals surface area contributed by atoms with Gasteiger partial charge in [-0.25, -0.2) is 0 Å². The molecular formula is C10H6N2O4. The van der Waals surface area contributed by atoms with E-state index in [2.05, 4.69) is 0 Å². The summed E-state index contributed by atoms with van der Waals surface area (Å²) < 4.78 is 45.5. The van der Waals surface area contributed by atoms with Crippen molar-refractivity contribution in [3.8, 4) is 0 Å². The summed E-state index contributed by atoms with van der Waals surface area (Å²) in [7, 11) is 0. The van der Waals surface area contributed by atoms with Crippen molar-refractivity contribution in [2.45, 2.75) is 0 Å². The number of hydrogen-bond donors (Lipinski definition) is 0. The minimum absolute atomic E-state index is 0.652. The van der Waals surface area contributed by atoms with Crippen LogP contribution in [0.4, 0.5) is 11.4 Å². The fourth-order valence-corrected chi connectivity index (χ4v) is 1.21. The van der Waals surface area contributed by atoms with Crippen molar-refractivity contribution in [2.24, 2.45) is 0 Å². The second kappa shape index (κ2) is 3.58. The second-order valence-electron chi connectivity index (χ2n) is 2.71. The number of nitro groups is 2. The summed E-state index contributed by atoms with van der Waals surface area (Å²) in [6.45, 7) is 0. The lowest BCUT2D eigenvalue weighted by molar-refractivity contribution is -0.390. The van der Waals surface area contributed by atoms with Gasteiger partial charge in [0.05, 0.1) is 18.1 Å². The highest BCUT2D eigenvalue weighted by atomic mass is 16.6. The molecule has 0 amide bonds. The predicted molar refractivity (Wildman–Crippen MR) is 57.3 cm³/mol. The lowest BCUT2D eigenvalue weighted by Gasteiger charge is -1.99. The van der Waals surface area contributed by atoms with Crippen LogP contribution in [0.2, 0.25) is 0 Å². The van der Waals surface area contributed by atoms with Crippen molar-refractivity contribution >= 4 is 22.1 Å². The van der Waals surface area contributed by atoms with Gasteiger partial charge >= 0.3 is 0 Å². The van der Waals surface area contributed by atoms with Crippen molar-refractivity contribution in [1.29, 1.82) is 0 Å². The third-order valence-corrected chi connectivity index (χ3v) is 1.83. The summed E-state index contributed by atoms with van der Waals surface area (Å²) in [5, 5.41) is 20.8. The normalized spacial score (nSPS) is 15.5. The van der Waals surface area contributed by atoms with E-state index in [1.807, 2.05) is 0 Å². The van der Waals surface area contributed by atoms with Crippen LogP contribution in [0.1, 0.15) is 8.22 Å². The topological polar surface area (TPSA) is 86.3 Å². The van der Waals surface area contributed by atoms with Crippen LogP contribution in [0.3, 0.4) is 0 Å². The zero-order chi connectivity index (χ0) is 16.9. The first-order valence-electron chi connectivity index (χ1n) is 6.93. The molecule has 16 heavy (non-hydrogen) atoms. The molecule has 0 atom stereocenters. The molecule has 0 saturated heterocycles. The standard InChI is InChI=1S/C10H6N2O4/c13-11(14)8-5-1-3-7-4-2-6-9(10(7)8)12(15)16/h1-6H/i1D,2D,3D,4D,5D,6D. The maximum absolute atomic E-state index is 11.1. The SMILES string of the molecule is [2H]c1c([2H])c([N+](=O)[O-])c2c([N+](=O)[O-])c([2H])c([2H])c([2H])c2c1[2H]. The fourth-order valence-electron chi connectivity index (χ4n) is 1.21. The molecule has 0 fully saturated rings. The highest BCUT2D eigenvalue weighted by Crippen LogP contribution is 2.32. The lowest BCUT2D eigenvalue weighted by atomic mass is 10.1. The first-order chi connectivity index (χ1) is 10.1. The van der Waals surface area contributed by atoms with Crippen molar-refractivity contribution in [1.82, 2.24) is 0 Å². The molecule has 0 radical (unpaired) electrons. The number of hydrogen-bond acceptors (Lipinski definition) is 4. The Morgan fingerprint density at radius 2 is 1.38 bits per heavy atom. The molecule has 80 valence electrons. The van der Waals surface area contributed by atoms with Gasteiger partial charge in [-0.15, -0.1) is 0 Å². The van der Waals surface area contributed by atoms with Gasteiger partial charge in [-0.05, 0) is 5.39 Å². The van der Waals surface area contributed by atoms with E-state index in [9.17, 15) is 20.2 Å². The second-order valence-corrected chi connectivity index (χ2v) is 2.71. The van der Waals surface area contributed by atoms with Gasteiger partial charge in [-0.2, -0.15) is 0 Å². The van der Waals surface area contributed by atoms with Crippen LogP contribution in [-0.4, -0.2) is 9.85 Å². The van der Waals surface area contributed by atoms with Crippen molar-refractivity contribution in [2.75, 3.05) is 0 Å². The van der Waals surface area contributed by atoms with E-state index in [0.29, 0.717) is 0 Å². The van der Waals surface area contributed by atoms with E-state index in [-0.39, 0.29) is 0 Å². The van der Waals surface area contributed by atoms with E-state index in [0.717, 1.165) is 0 Å². The Balaban J connectivity index is 3.35. The maximum Gasteiger partial charge on any atom is 0.284 e. The van der Waals surface area contributed by atoms with Crippen LogP contribution < -0.4 is 0 Å². The van der Waals surface area contributed by atoms with Crippen LogP contribution in [0.5, 0.6) is 0 Å². The van der Waals surface area contributed by atoms with Crippen LogP contribution >= 0.6 is 0 Å². The largest absolute Gasteiger partial charge is 0.284 e. The summed E-state index contributed by atoms with van der Waals surface area (Å²) in [6, 6.07) is -5.37. The van der Waals surface area contributed by atoms with Crippen molar-refractivity contribution in [3.63, 3.8) is 0 Å². The zero-order valence-electron chi connectivity index (χ0n) is 13.5. The summed E-state index contributed by atoms with van der Waals surface area (Å²) in [5.74, 6) is 0. The predicted octanol–water partition coefficient (Wildman–Crippen LogP) is 2.66. The van der Waals surface area contributed by atoms with Gasteiger partial charge in [0.2, 0.25) is 0 Å². The van der Waals surface area contributed by atoms with Crippen molar-refractivity contribution < 1.29 is 18.1 Å². The first-order valence-corrected chi connectivity index (χ1v) is 3.93. The number of nitrogens with zero attached hydrogens (tertiary/aromatic N) is 2. The van der Waals surface area contributed by atoms with Gasteiger partial charge in [0.25, 0.3) is 11.4 Å². The number of rotatable bonds is 2. The maximum atomic E-state index is 11.1. The quantitative estimate of drug-likeness (QED) is 0.579. The van der Waals surface area contributed by atoms with Crippen LogP contribution in [-0.2, 0) is 0 Å². The smallest absolute Gasteiger partial charge is 0.258 e. The van der Waals surface area contributed by atoms with Gasteiger partial charge < -0.3 is 0 Å². The molecule has 0 aliphatic rings. The summed E-state index contributed by atoms with van der Waals surface area (Å²) in [6.07, 6.45) is 0. The molecule has 6 nitrogen and oxygen atoms in total. The Morgan fingerprint density at radius 1 is 0.938 bits per heavy atom. The minimum Gasteiger partial charge on any atom is -0.258 e. The van der Waals surface area contributed by atoms with E-state index in [1.54, 1.807) is 0 Å². The van der Waals surface area contributed by atoms with Crippen molar-refractivity contribution in [3.05, 3.63) is 56.5 Å². The summed E-state index contributed by atoms with van der Waals surface area (Å²) in [5.41, 5.74) is -2.24. The molecule has 0 aromatic heterocycles. The number of fused-ring (bicyclic) bond motifs is 1. The Kier molecular flexibility index (Phi) is 1.12. The summed E-state index contributed by atoms with van der Waals surface area (Å²) >= 11 is 0.